The fourth-order valence-electron chi connectivity index (χ4n) is 6.69. The second kappa shape index (κ2) is 11.5. The van der Waals surface area contributed by atoms with Gasteiger partial charge in [-0.15, -0.1) is 12.4 Å². The number of nitrogens with zero attached hydrogens (tertiary/aromatic N) is 1. The Balaban J connectivity index is 0.00000180. The minimum Gasteiger partial charge on any atom is -1.00 e. The third kappa shape index (κ3) is 4.89. The number of hydrogen-bond acceptors (Lipinski definition) is 5. The van der Waals surface area contributed by atoms with E-state index < -0.39 is 23.6 Å². The first-order chi connectivity index (χ1) is 16.5. The van der Waals surface area contributed by atoms with Gasteiger partial charge in [-0.3, -0.25) is 4.79 Å². The van der Waals surface area contributed by atoms with Gasteiger partial charge in [0.15, 0.2) is 0 Å². The summed E-state index contributed by atoms with van der Waals surface area (Å²) >= 11 is 0. The van der Waals surface area contributed by atoms with Crippen LogP contribution < -0.4 is 18.1 Å². The van der Waals surface area contributed by atoms with Gasteiger partial charge in [0.1, 0.15) is 12.1 Å². The summed E-state index contributed by atoms with van der Waals surface area (Å²) in [6.45, 7) is 4.09. The van der Waals surface area contributed by atoms with Crippen molar-refractivity contribution >= 4 is 24.3 Å². The highest BCUT2D eigenvalue weighted by atomic mass is 35.5. The standard InChI is InChI=1S/C28H35N2O4.2ClH/c1-20(29)26(31)34-28(21-10-4-2-5-11-21,22-12-6-3-7-13-22)27(32)33-25-18-23-14-15-24(19-25)30(23)16-8-9-17-30;;/h2-7,10-13,20,23-25H,8-9,14-19,29H2,1H3;2*1H/q+1;;/p-1/t20-,23?,24?,25?;;/m0../s1. The highest BCUT2D eigenvalue weighted by Crippen LogP contribution is 2.47. The fourth-order valence-corrected chi connectivity index (χ4v) is 6.69. The van der Waals surface area contributed by atoms with Crippen molar-refractivity contribution in [3.63, 3.8) is 0 Å². The Bertz CT molecular complexity index is 973. The molecule has 0 saturated carbocycles. The van der Waals surface area contributed by atoms with Crippen LogP contribution in [0, 0.1) is 0 Å². The van der Waals surface area contributed by atoms with Crippen LogP contribution in [0.15, 0.2) is 60.7 Å². The maximum absolute atomic E-state index is 14.1. The first kappa shape index (κ1) is 28.5. The zero-order chi connectivity index (χ0) is 23.8. The monoisotopic (exact) mass is 534 g/mol. The molecule has 2 unspecified atom stereocenters. The second-order valence-corrected chi connectivity index (χ2v) is 10.3. The van der Waals surface area contributed by atoms with Crippen molar-refractivity contribution in [2.75, 3.05) is 13.1 Å². The number of nitrogens with two attached hydrogens (primary N) is 1. The van der Waals surface area contributed by atoms with E-state index in [0.717, 1.165) is 12.8 Å². The molecular formula is C28H36Cl2N2O4. The van der Waals surface area contributed by atoms with Crippen molar-refractivity contribution < 1.29 is 36.0 Å². The normalized spacial score (nSPS) is 24.8. The number of rotatable bonds is 6. The summed E-state index contributed by atoms with van der Waals surface area (Å²) in [7, 11) is 0. The molecule has 2 aromatic rings. The van der Waals surface area contributed by atoms with Gasteiger partial charge in [0.05, 0.1) is 25.2 Å². The number of ether oxygens (including phenoxy) is 2. The number of piperidine rings is 1. The number of benzene rings is 2. The highest BCUT2D eigenvalue weighted by molar-refractivity contribution is 5.90. The molecule has 8 heteroatoms. The summed E-state index contributed by atoms with van der Waals surface area (Å²) in [6, 6.07) is 18.6. The lowest BCUT2D eigenvalue weighted by atomic mass is 9.85. The van der Waals surface area contributed by atoms with E-state index in [1.165, 1.54) is 43.3 Å². The van der Waals surface area contributed by atoms with Gasteiger partial charge in [0, 0.05) is 49.7 Å². The lowest BCUT2D eigenvalue weighted by molar-refractivity contribution is -0.956. The molecule has 3 fully saturated rings. The molecule has 0 aromatic heterocycles. The molecular weight excluding hydrogens is 499 g/mol. The number of esters is 2. The molecule has 2 N–H and O–H groups in total. The van der Waals surface area contributed by atoms with Crippen LogP contribution in [0.2, 0.25) is 0 Å². The molecule has 5 rings (SSSR count). The van der Waals surface area contributed by atoms with E-state index in [1.807, 2.05) is 36.4 Å². The quantitative estimate of drug-likeness (QED) is 0.443. The van der Waals surface area contributed by atoms with E-state index >= 15 is 0 Å². The summed E-state index contributed by atoms with van der Waals surface area (Å²) in [6.07, 6.45) is 6.61. The summed E-state index contributed by atoms with van der Waals surface area (Å²) in [5.41, 5.74) is 5.28. The van der Waals surface area contributed by atoms with Crippen LogP contribution >= 0.6 is 12.4 Å². The van der Waals surface area contributed by atoms with Crippen molar-refractivity contribution in [1.29, 1.82) is 0 Å². The van der Waals surface area contributed by atoms with Gasteiger partial charge in [-0.2, -0.15) is 0 Å². The molecule has 3 atom stereocenters. The molecule has 3 aliphatic rings. The predicted molar refractivity (Wildman–Crippen MR) is 136 cm³/mol. The van der Waals surface area contributed by atoms with E-state index in [4.69, 9.17) is 15.2 Å². The Hall–Kier alpha value is -2.12. The average molecular weight is 536 g/mol. The van der Waals surface area contributed by atoms with Crippen LogP contribution in [0.1, 0.15) is 56.6 Å². The lowest BCUT2D eigenvalue weighted by Gasteiger charge is -2.47. The first-order valence-electron chi connectivity index (χ1n) is 12.6. The van der Waals surface area contributed by atoms with Gasteiger partial charge in [0.25, 0.3) is 5.60 Å². The van der Waals surface area contributed by atoms with Gasteiger partial charge >= 0.3 is 11.9 Å². The van der Waals surface area contributed by atoms with Gasteiger partial charge in [-0.1, -0.05) is 60.7 Å². The molecule has 196 valence electrons. The fraction of sp³-hybridized carbons (Fsp3) is 0.500. The maximum Gasteiger partial charge on any atom is 0.360 e. The average Bonchev–Trinajstić information content (AvgIpc) is 3.40. The minimum atomic E-state index is -1.70. The van der Waals surface area contributed by atoms with Crippen LogP contribution in [0.5, 0.6) is 0 Å². The summed E-state index contributed by atoms with van der Waals surface area (Å²) in [5.74, 6) is -1.19. The van der Waals surface area contributed by atoms with Gasteiger partial charge in [0.2, 0.25) is 0 Å². The van der Waals surface area contributed by atoms with Crippen LogP contribution in [-0.2, 0) is 24.7 Å². The summed E-state index contributed by atoms with van der Waals surface area (Å²) < 4.78 is 13.5. The van der Waals surface area contributed by atoms with Crippen molar-refractivity contribution in [2.24, 2.45) is 5.73 Å². The number of carbonyl (C=O) groups excluding carboxylic acids is 2. The van der Waals surface area contributed by atoms with Crippen LogP contribution in [0.3, 0.4) is 0 Å². The Morgan fingerprint density at radius 1 is 0.917 bits per heavy atom. The Kier molecular flexibility index (Phi) is 9.10. The molecule has 6 nitrogen and oxygen atoms in total. The number of carbonyl (C=O) groups is 2. The molecule has 36 heavy (non-hydrogen) atoms. The van der Waals surface area contributed by atoms with E-state index in [2.05, 4.69) is 0 Å². The summed E-state index contributed by atoms with van der Waals surface area (Å²) in [5, 5.41) is 0. The van der Waals surface area contributed by atoms with Crippen molar-refractivity contribution in [3.05, 3.63) is 71.8 Å². The molecule has 3 aliphatic heterocycles. The minimum absolute atomic E-state index is 0. The topological polar surface area (TPSA) is 78.6 Å². The highest BCUT2D eigenvalue weighted by Gasteiger charge is 2.57. The zero-order valence-electron chi connectivity index (χ0n) is 20.7. The van der Waals surface area contributed by atoms with Crippen LogP contribution in [0.4, 0.5) is 0 Å². The zero-order valence-corrected chi connectivity index (χ0v) is 22.3. The van der Waals surface area contributed by atoms with Gasteiger partial charge < -0.3 is 32.1 Å². The van der Waals surface area contributed by atoms with Crippen molar-refractivity contribution in [3.8, 4) is 0 Å². The van der Waals surface area contributed by atoms with Crippen LogP contribution in [-0.4, -0.2) is 53.7 Å². The van der Waals surface area contributed by atoms with E-state index in [9.17, 15) is 9.59 Å². The third-order valence-electron chi connectivity index (χ3n) is 8.30. The maximum atomic E-state index is 14.1. The molecule has 0 radical (unpaired) electrons. The number of halogens is 2. The van der Waals surface area contributed by atoms with E-state index in [1.54, 1.807) is 31.2 Å². The molecule has 0 aliphatic carbocycles. The third-order valence-corrected chi connectivity index (χ3v) is 8.30. The lowest BCUT2D eigenvalue weighted by Crippen LogP contribution is -3.00. The molecule has 1 spiro atoms. The Morgan fingerprint density at radius 3 is 1.83 bits per heavy atom. The Labute approximate surface area is 225 Å². The molecule has 3 saturated heterocycles. The molecule has 0 amide bonds. The molecule has 2 aromatic carbocycles. The predicted octanol–water partition coefficient (Wildman–Crippen LogP) is 1.09. The van der Waals surface area contributed by atoms with Gasteiger partial charge in [-0.25, -0.2) is 4.79 Å². The number of hydrogen-bond donors (Lipinski definition) is 1. The second-order valence-electron chi connectivity index (χ2n) is 10.3. The van der Waals surface area contributed by atoms with Gasteiger partial charge in [-0.05, 0) is 6.92 Å². The smallest absolute Gasteiger partial charge is 0.360 e. The number of quaternary nitrogens is 1. The SMILES string of the molecule is C[C@H](N)C(=O)OC(C(=O)OC1CC2CCC(C1)[N+]21CCCC1)(c1ccccc1)c1ccccc1.Cl.[Cl-]. The van der Waals surface area contributed by atoms with E-state index in [0.29, 0.717) is 23.2 Å². The largest absolute Gasteiger partial charge is 1.00 e. The van der Waals surface area contributed by atoms with Crippen molar-refractivity contribution in [1.82, 2.24) is 0 Å². The van der Waals surface area contributed by atoms with Crippen LogP contribution in [0.25, 0.3) is 0 Å². The molecule has 3 heterocycles. The Morgan fingerprint density at radius 2 is 1.39 bits per heavy atom. The molecule has 2 bridgehead atoms. The van der Waals surface area contributed by atoms with E-state index in [-0.39, 0.29) is 30.9 Å². The van der Waals surface area contributed by atoms with Crippen molar-refractivity contribution in [2.45, 2.75) is 75.3 Å². The first-order valence-corrected chi connectivity index (χ1v) is 12.6. The summed E-state index contributed by atoms with van der Waals surface area (Å²) in [4.78, 5) is 26.9.